The zero-order valence-electron chi connectivity index (χ0n) is 8.09. The van der Waals surface area contributed by atoms with Crippen LogP contribution in [-0.4, -0.2) is 10.0 Å². The fourth-order valence-electron chi connectivity index (χ4n) is 1.07. The molecule has 0 atom stereocenters. The van der Waals surface area contributed by atoms with Gasteiger partial charge in [-0.05, 0) is 29.5 Å². The Morgan fingerprint density at radius 2 is 2.31 bits per heavy atom. The van der Waals surface area contributed by atoms with E-state index in [1.165, 1.54) is 0 Å². The molecule has 2 nitrogen and oxygen atoms in total. The minimum atomic E-state index is -0.283. The van der Waals surface area contributed by atoms with Gasteiger partial charge in [0.25, 0.3) is 0 Å². The van der Waals surface area contributed by atoms with Gasteiger partial charge in [-0.2, -0.15) is 0 Å². The number of aromatic amines is 1. The summed E-state index contributed by atoms with van der Waals surface area (Å²) in [4.78, 5) is 3.03. The average Bonchev–Trinajstić information content (AvgIpc) is 2.48. The quantitative estimate of drug-likeness (QED) is 0.491. The van der Waals surface area contributed by atoms with Gasteiger partial charge in [-0.25, -0.2) is 0 Å². The van der Waals surface area contributed by atoms with Crippen molar-refractivity contribution in [3.63, 3.8) is 0 Å². The SMILES string of the molecule is CCCCc1cc(C([O-])=S)c[nH]1.[K+]. The maximum Gasteiger partial charge on any atom is 1.00 e. The molecule has 0 aliphatic rings. The van der Waals surface area contributed by atoms with Gasteiger partial charge < -0.3 is 10.1 Å². The molecule has 0 aromatic carbocycles. The molecule has 0 radical (unpaired) electrons. The van der Waals surface area contributed by atoms with Gasteiger partial charge in [-0.15, -0.1) is 0 Å². The molecule has 0 unspecified atom stereocenters. The molecule has 66 valence electrons. The molecule has 0 saturated carbocycles. The van der Waals surface area contributed by atoms with E-state index in [-0.39, 0.29) is 56.4 Å². The van der Waals surface area contributed by atoms with Crippen LogP contribution in [0.15, 0.2) is 12.3 Å². The molecule has 0 bridgehead atoms. The van der Waals surface area contributed by atoms with Crippen molar-refractivity contribution in [3.05, 3.63) is 23.5 Å². The zero-order valence-corrected chi connectivity index (χ0v) is 12.0. The Labute approximate surface area is 127 Å². The monoisotopic (exact) mass is 221 g/mol. The van der Waals surface area contributed by atoms with Crippen molar-refractivity contribution in [2.24, 2.45) is 0 Å². The van der Waals surface area contributed by atoms with Gasteiger partial charge in [0.2, 0.25) is 0 Å². The van der Waals surface area contributed by atoms with Gasteiger partial charge in [0.15, 0.2) is 0 Å². The van der Waals surface area contributed by atoms with E-state index in [9.17, 15) is 5.11 Å². The van der Waals surface area contributed by atoms with Gasteiger partial charge in [0.1, 0.15) is 0 Å². The minimum absolute atomic E-state index is 0. The minimum Gasteiger partial charge on any atom is -0.864 e. The third-order valence-corrected chi connectivity index (χ3v) is 2.01. The number of thiocarbonyl (C=S) groups is 1. The third-order valence-electron chi connectivity index (χ3n) is 1.78. The Balaban J connectivity index is 0.00000144. The summed E-state index contributed by atoms with van der Waals surface area (Å²) in [5.74, 6) is 0. The summed E-state index contributed by atoms with van der Waals surface area (Å²) in [6.07, 6.45) is 4.99. The summed E-state index contributed by atoms with van der Waals surface area (Å²) < 4.78 is 0. The molecule has 13 heavy (non-hydrogen) atoms. The molecule has 0 aliphatic carbocycles. The predicted octanol–water partition coefficient (Wildman–Crippen LogP) is -1.60. The molecular formula is C9H12KNOS. The number of unbranched alkanes of at least 4 members (excludes halogenated alkanes) is 1. The molecule has 1 rings (SSSR count). The second kappa shape index (κ2) is 7.14. The van der Waals surface area contributed by atoms with Crippen LogP contribution < -0.4 is 56.5 Å². The number of aryl methyl sites for hydroxylation is 1. The van der Waals surface area contributed by atoms with Crippen LogP contribution in [0.2, 0.25) is 0 Å². The molecule has 0 amide bonds. The summed E-state index contributed by atoms with van der Waals surface area (Å²) in [6, 6.07) is 1.84. The van der Waals surface area contributed by atoms with Crippen LogP contribution >= 0.6 is 12.2 Å². The molecule has 1 heterocycles. The van der Waals surface area contributed by atoms with E-state index >= 15 is 0 Å². The summed E-state index contributed by atoms with van der Waals surface area (Å²) in [5.41, 5.74) is 1.71. The maximum atomic E-state index is 10.7. The van der Waals surface area contributed by atoms with E-state index < -0.39 is 0 Å². The van der Waals surface area contributed by atoms with E-state index in [1.54, 1.807) is 6.20 Å². The van der Waals surface area contributed by atoms with Crippen molar-refractivity contribution in [2.75, 3.05) is 0 Å². The Kier molecular flexibility index (Phi) is 7.59. The van der Waals surface area contributed by atoms with Crippen LogP contribution in [0.25, 0.3) is 0 Å². The predicted molar refractivity (Wildman–Crippen MR) is 51.1 cm³/mol. The van der Waals surface area contributed by atoms with Crippen LogP contribution in [0.5, 0.6) is 0 Å². The van der Waals surface area contributed by atoms with E-state index in [2.05, 4.69) is 24.1 Å². The van der Waals surface area contributed by atoms with Crippen molar-refractivity contribution in [1.82, 2.24) is 4.98 Å². The molecule has 0 aliphatic heterocycles. The first-order valence-corrected chi connectivity index (χ1v) is 4.53. The standard InChI is InChI=1S/C9H13NOS.K/c1-2-3-4-8-5-7(6-10-8)9(11)12;/h5-6,10H,2-4H2,1H3,(H,11,12);/q;+1/p-1. The molecule has 1 N–H and O–H groups in total. The Hall–Kier alpha value is 0.806. The molecule has 1 aromatic rings. The van der Waals surface area contributed by atoms with Gasteiger partial charge in [-0.3, -0.25) is 0 Å². The summed E-state index contributed by atoms with van der Waals surface area (Å²) in [6.45, 7) is 2.14. The number of aromatic nitrogens is 1. The molecular weight excluding hydrogens is 209 g/mol. The second-order valence-corrected chi connectivity index (χ2v) is 3.18. The summed E-state index contributed by atoms with van der Waals surface area (Å²) >= 11 is 4.51. The number of H-pyrrole nitrogens is 1. The van der Waals surface area contributed by atoms with Crippen molar-refractivity contribution < 1.29 is 56.5 Å². The molecule has 0 fully saturated rings. The van der Waals surface area contributed by atoms with E-state index in [0.29, 0.717) is 5.56 Å². The van der Waals surface area contributed by atoms with Crippen LogP contribution in [0.4, 0.5) is 0 Å². The van der Waals surface area contributed by atoms with Gasteiger partial charge >= 0.3 is 51.4 Å². The first-order valence-electron chi connectivity index (χ1n) is 4.12. The third kappa shape index (κ3) is 4.72. The summed E-state index contributed by atoms with van der Waals surface area (Å²) in [5, 5.41) is 10.4. The summed E-state index contributed by atoms with van der Waals surface area (Å²) in [7, 11) is 0. The van der Waals surface area contributed by atoms with Crippen molar-refractivity contribution in [1.29, 1.82) is 0 Å². The van der Waals surface area contributed by atoms with Crippen LogP contribution in [0, 0.1) is 0 Å². The Morgan fingerprint density at radius 3 is 2.77 bits per heavy atom. The van der Waals surface area contributed by atoms with Gasteiger partial charge in [-0.1, -0.05) is 25.6 Å². The maximum absolute atomic E-state index is 10.7. The van der Waals surface area contributed by atoms with Gasteiger partial charge in [0, 0.05) is 11.9 Å². The fourth-order valence-corrected chi connectivity index (χ4v) is 1.19. The van der Waals surface area contributed by atoms with Gasteiger partial charge in [0.05, 0.1) is 0 Å². The molecule has 0 saturated heterocycles. The first-order chi connectivity index (χ1) is 5.74. The van der Waals surface area contributed by atoms with Crippen LogP contribution in [-0.2, 0) is 6.42 Å². The first kappa shape index (κ1) is 13.8. The number of hydrogen-bond acceptors (Lipinski definition) is 2. The fraction of sp³-hybridized carbons (Fsp3) is 0.444. The van der Waals surface area contributed by atoms with Crippen LogP contribution in [0.3, 0.4) is 0 Å². The normalized spacial score (nSPS) is 9.31. The second-order valence-electron chi connectivity index (χ2n) is 2.80. The average molecular weight is 221 g/mol. The topological polar surface area (TPSA) is 38.8 Å². The van der Waals surface area contributed by atoms with E-state index in [0.717, 1.165) is 25.0 Å². The number of hydrogen-bond donors (Lipinski definition) is 1. The van der Waals surface area contributed by atoms with Crippen molar-refractivity contribution in [3.8, 4) is 0 Å². The molecule has 0 spiro atoms. The smallest absolute Gasteiger partial charge is 0.864 e. The molecule has 1 aromatic heterocycles. The van der Waals surface area contributed by atoms with E-state index in [4.69, 9.17) is 0 Å². The zero-order chi connectivity index (χ0) is 8.97. The largest absolute Gasteiger partial charge is 1.00 e. The Bertz CT molecular complexity index is 272. The number of rotatable bonds is 4. The van der Waals surface area contributed by atoms with Crippen LogP contribution in [0.1, 0.15) is 31.0 Å². The van der Waals surface area contributed by atoms with E-state index in [1.807, 2.05) is 6.07 Å². The van der Waals surface area contributed by atoms with Crippen molar-refractivity contribution in [2.45, 2.75) is 26.2 Å². The number of nitrogens with one attached hydrogen (secondary N) is 1. The molecule has 4 heteroatoms. The Morgan fingerprint density at radius 1 is 1.62 bits per heavy atom. The van der Waals surface area contributed by atoms with Crippen molar-refractivity contribution >= 4 is 17.3 Å².